The first kappa shape index (κ1) is 19.4. The summed E-state index contributed by atoms with van der Waals surface area (Å²) in [6.07, 6.45) is 3.49. The third-order valence-corrected chi connectivity index (χ3v) is 6.06. The third kappa shape index (κ3) is 3.45. The molecule has 4 heterocycles. The molecule has 1 saturated heterocycles. The minimum Gasteiger partial charge on any atom is -0.352 e. The standard InChI is InChI=1S/C25H21N7O/c33-25(22-18-5-1-4-8-21(18)29-30-22)32-15-13-31(14-16-32)24-19-6-2-3-7-20(19)27-23(28-24)17-9-11-26-12-10-17/h1-12H,13-16H2,(H,29,30). The first-order chi connectivity index (χ1) is 16.3. The van der Waals surface area contributed by atoms with Crippen LogP contribution in [-0.4, -0.2) is 62.1 Å². The number of hydrogen-bond donors (Lipinski definition) is 1. The Kier molecular flexibility index (Phi) is 4.68. The highest BCUT2D eigenvalue weighted by Gasteiger charge is 2.27. The predicted octanol–water partition coefficient (Wildman–Crippen LogP) is 3.53. The monoisotopic (exact) mass is 435 g/mol. The van der Waals surface area contributed by atoms with Gasteiger partial charge in [-0.3, -0.25) is 14.9 Å². The number of aromatic nitrogens is 5. The first-order valence-electron chi connectivity index (χ1n) is 10.9. The van der Waals surface area contributed by atoms with Gasteiger partial charge in [0.15, 0.2) is 11.5 Å². The number of rotatable bonds is 3. The first-order valence-corrected chi connectivity index (χ1v) is 10.9. The molecule has 5 aromatic rings. The van der Waals surface area contributed by atoms with E-state index in [4.69, 9.17) is 9.97 Å². The summed E-state index contributed by atoms with van der Waals surface area (Å²) in [5.41, 5.74) is 3.18. The molecule has 0 saturated carbocycles. The van der Waals surface area contributed by atoms with Gasteiger partial charge in [-0.25, -0.2) is 9.97 Å². The topological polar surface area (TPSA) is 90.9 Å². The minimum atomic E-state index is -0.0443. The predicted molar refractivity (Wildman–Crippen MR) is 127 cm³/mol. The van der Waals surface area contributed by atoms with Crippen molar-refractivity contribution in [3.8, 4) is 11.4 Å². The van der Waals surface area contributed by atoms with E-state index >= 15 is 0 Å². The minimum absolute atomic E-state index is 0.0443. The Morgan fingerprint density at radius 2 is 1.55 bits per heavy atom. The van der Waals surface area contributed by atoms with Crippen LogP contribution in [0.5, 0.6) is 0 Å². The Labute approximate surface area is 189 Å². The molecule has 0 radical (unpaired) electrons. The number of aromatic amines is 1. The summed E-state index contributed by atoms with van der Waals surface area (Å²) in [6.45, 7) is 2.57. The molecule has 0 atom stereocenters. The van der Waals surface area contributed by atoms with Crippen molar-refractivity contribution in [3.05, 3.63) is 78.8 Å². The lowest BCUT2D eigenvalue weighted by molar-refractivity contribution is 0.0742. The maximum atomic E-state index is 13.2. The average Bonchev–Trinajstić information content (AvgIpc) is 3.32. The normalized spacial score (nSPS) is 14.2. The molecular weight excluding hydrogens is 414 g/mol. The third-order valence-electron chi connectivity index (χ3n) is 6.06. The van der Waals surface area contributed by atoms with Crippen molar-refractivity contribution < 1.29 is 4.79 Å². The van der Waals surface area contributed by atoms with Crippen molar-refractivity contribution in [2.24, 2.45) is 0 Å². The number of piperazine rings is 1. The highest BCUT2D eigenvalue weighted by Crippen LogP contribution is 2.28. The molecule has 1 fully saturated rings. The van der Waals surface area contributed by atoms with Crippen LogP contribution in [0.3, 0.4) is 0 Å². The van der Waals surface area contributed by atoms with Crippen molar-refractivity contribution in [3.63, 3.8) is 0 Å². The summed E-state index contributed by atoms with van der Waals surface area (Å²) in [4.78, 5) is 31.1. The molecule has 0 unspecified atom stereocenters. The maximum Gasteiger partial charge on any atom is 0.275 e. The second-order valence-electron chi connectivity index (χ2n) is 8.02. The number of nitrogens with one attached hydrogen (secondary N) is 1. The summed E-state index contributed by atoms with van der Waals surface area (Å²) < 4.78 is 0. The van der Waals surface area contributed by atoms with Crippen molar-refractivity contribution in [2.75, 3.05) is 31.1 Å². The molecule has 1 N–H and O–H groups in total. The second-order valence-corrected chi connectivity index (χ2v) is 8.02. The molecule has 33 heavy (non-hydrogen) atoms. The van der Waals surface area contributed by atoms with Crippen LogP contribution in [0.25, 0.3) is 33.2 Å². The van der Waals surface area contributed by atoms with Gasteiger partial charge in [-0.05, 0) is 30.3 Å². The second kappa shape index (κ2) is 7.98. The van der Waals surface area contributed by atoms with Crippen LogP contribution >= 0.6 is 0 Å². The zero-order valence-corrected chi connectivity index (χ0v) is 17.8. The van der Waals surface area contributed by atoms with Crippen LogP contribution < -0.4 is 4.90 Å². The van der Waals surface area contributed by atoms with Crippen LogP contribution in [0.2, 0.25) is 0 Å². The molecular formula is C25H21N7O. The SMILES string of the molecule is O=C(c1n[nH]c2ccccc12)N1CCN(c2nc(-c3ccncc3)nc3ccccc23)CC1. The fourth-order valence-corrected chi connectivity index (χ4v) is 4.33. The molecule has 0 spiro atoms. The van der Waals surface area contributed by atoms with Crippen LogP contribution in [0.1, 0.15) is 10.5 Å². The van der Waals surface area contributed by atoms with Crippen LogP contribution in [0.4, 0.5) is 5.82 Å². The highest BCUT2D eigenvalue weighted by molar-refractivity contribution is 6.04. The van der Waals surface area contributed by atoms with E-state index in [2.05, 4.69) is 20.1 Å². The highest BCUT2D eigenvalue weighted by atomic mass is 16.2. The summed E-state index contributed by atoms with van der Waals surface area (Å²) >= 11 is 0. The van der Waals surface area contributed by atoms with Gasteiger partial charge >= 0.3 is 0 Å². The molecule has 1 aliphatic rings. The van der Waals surface area contributed by atoms with E-state index in [0.717, 1.165) is 33.2 Å². The molecule has 0 aliphatic carbocycles. The lowest BCUT2D eigenvalue weighted by Gasteiger charge is -2.35. The van der Waals surface area contributed by atoms with Crippen LogP contribution in [0.15, 0.2) is 73.1 Å². The van der Waals surface area contributed by atoms with E-state index in [1.54, 1.807) is 12.4 Å². The van der Waals surface area contributed by atoms with E-state index in [9.17, 15) is 4.79 Å². The van der Waals surface area contributed by atoms with Crippen molar-refractivity contribution in [1.82, 2.24) is 30.0 Å². The van der Waals surface area contributed by atoms with E-state index < -0.39 is 0 Å². The molecule has 6 rings (SSSR count). The van der Waals surface area contributed by atoms with Crippen molar-refractivity contribution in [2.45, 2.75) is 0 Å². The van der Waals surface area contributed by atoms with Gasteiger partial charge in [0.2, 0.25) is 0 Å². The van der Waals surface area contributed by atoms with Gasteiger partial charge in [-0.1, -0.05) is 30.3 Å². The fourth-order valence-electron chi connectivity index (χ4n) is 4.33. The lowest BCUT2D eigenvalue weighted by Crippen LogP contribution is -2.49. The summed E-state index contributed by atoms with van der Waals surface area (Å²) in [6, 6.07) is 19.6. The quantitative estimate of drug-likeness (QED) is 0.466. The zero-order chi connectivity index (χ0) is 22.2. The Morgan fingerprint density at radius 3 is 2.36 bits per heavy atom. The average molecular weight is 435 g/mol. The summed E-state index contributed by atoms with van der Waals surface area (Å²) in [5.74, 6) is 1.52. The number of carbonyl (C=O) groups is 1. The Hall–Kier alpha value is -4.33. The number of fused-ring (bicyclic) bond motifs is 2. The van der Waals surface area contributed by atoms with Gasteiger partial charge in [0.1, 0.15) is 5.82 Å². The smallest absolute Gasteiger partial charge is 0.275 e. The van der Waals surface area contributed by atoms with Gasteiger partial charge in [-0.15, -0.1) is 0 Å². The molecule has 8 heteroatoms. The molecule has 2 aromatic carbocycles. The Balaban J connectivity index is 1.28. The van der Waals surface area contributed by atoms with E-state index in [1.165, 1.54) is 0 Å². The van der Waals surface area contributed by atoms with E-state index in [1.807, 2.05) is 65.6 Å². The van der Waals surface area contributed by atoms with Crippen molar-refractivity contribution in [1.29, 1.82) is 0 Å². The summed E-state index contributed by atoms with van der Waals surface area (Å²) in [7, 11) is 0. The number of amides is 1. The van der Waals surface area contributed by atoms with Crippen LogP contribution in [0, 0.1) is 0 Å². The van der Waals surface area contributed by atoms with Crippen LogP contribution in [-0.2, 0) is 0 Å². The van der Waals surface area contributed by atoms with Gasteiger partial charge in [0, 0.05) is 54.9 Å². The fraction of sp³-hybridized carbons (Fsp3) is 0.160. The van der Waals surface area contributed by atoms with E-state index in [-0.39, 0.29) is 5.91 Å². The number of anilines is 1. The largest absolute Gasteiger partial charge is 0.352 e. The molecule has 3 aromatic heterocycles. The molecule has 1 amide bonds. The van der Waals surface area contributed by atoms with Crippen molar-refractivity contribution >= 4 is 33.5 Å². The number of pyridine rings is 1. The molecule has 0 bridgehead atoms. The number of nitrogens with zero attached hydrogens (tertiary/aromatic N) is 6. The maximum absolute atomic E-state index is 13.2. The number of H-pyrrole nitrogens is 1. The molecule has 8 nitrogen and oxygen atoms in total. The molecule has 1 aliphatic heterocycles. The van der Waals surface area contributed by atoms with Gasteiger partial charge in [0.25, 0.3) is 5.91 Å². The van der Waals surface area contributed by atoms with Gasteiger partial charge in [0.05, 0.1) is 11.0 Å². The summed E-state index contributed by atoms with van der Waals surface area (Å²) in [5, 5.41) is 9.10. The number of para-hydroxylation sites is 2. The van der Waals surface area contributed by atoms with Gasteiger partial charge < -0.3 is 9.80 Å². The number of carbonyl (C=O) groups excluding carboxylic acids is 1. The lowest BCUT2D eigenvalue weighted by atomic mass is 10.1. The number of benzene rings is 2. The Morgan fingerprint density at radius 1 is 0.818 bits per heavy atom. The molecule has 162 valence electrons. The Bertz CT molecular complexity index is 1460. The number of hydrogen-bond acceptors (Lipinski definition) is 6. The van der Waals surface area contributed by atoms with Gasteiger partial charge in [-0.2, -0.15) is 5.10 Å². The zero-order valence-electron chi connectivity index (χ0n) is 17.8. The van der Waals surface area contributed by atoms with E-state index in [0.29, 0.717) is 37.7 Å².